The number of hydrogen-bond donors (Lipinski definition) is 2. The third-order valence-corrected chi connectivity index (χ3v) is 6.12. The fraction of sp³-hybridized carbons (Fsp3) is 0.320. The average Bonchev–Trinajstić information content (AvgIpc) is 3.36. The van der Waals surface area contributed by atoms with E-state index in [1.54, 1.807) is 11.1 Å². The lowest BCUT2D eigenvalue weighted by Crippen LogP contribution is -2.49. The van der Waals surface area contributed by atoms with Crippen LogP contribution in [0.3, 0.4) is 0 Å². The van der Waals surface area contributed by atoms with E-state index in [2.05, 4.69) is 20.2 Å². The van der Waals surface area contributed by atoms with Gasteiger partial charge in [-0.1, -0.05) is 42.5 Å². The number of benzene rings is 2. The van der Waals surface area contributed by atoms with Crippen LogP contribution in [0.4, 0.5) is 10.5 Å². The van der Waals surface area contributed by atoms with Gasteiger partial charge < -0.3 is 25.0 Å². The van der Waals surface area contributed by atoms with Gasteiger partial charge in [0.1, 0.15) is 12.7 Å². The zero-order valence-electron chi connectivity index (χ0n) is 18.4. The highest BCUT2D eigenvalue weighted by molar-refractivity contribution is 5.68. The van der Waals surface area contributed by atoms with Crippen molar-refractivity contribution in [2.75, 3.05) is 31.1 Å². The lowest BCUT2D eigenvalue weighted by Gasteiger charge is -2.35. The summed E-state index contributed by atoms with van der Waals surface area (Å²) in [5.74, 6) is 0.417. The predicted octanol–water partition coefficient (Wildman–Crippen LogP) is 2.62. The van der Waals surface area contributed by atoms with E-state index in [1.165, 1.54) is 0 Å². The van der Waals surface area contributed by atoms with Crippen molar-refractivity contribution in [3.63, 3.8) is 0 Å². The van der Waals surface area contributed by atoms with Crippen LogP contribution in [-0.4, -0.2) is 52.2 Å². The largest absolute Gasteiger partial charge is 0.445 e. The quantitative estimate of drug-likeness (QED) is 0.624. The Morgan fingerprint density at radius 3 is 2.70 bits per heavy atom. The number of rotatable bonds is 5. The Morgan fingerprint density at radius 1 is 1.06 bits per heavy atom. The van der Waals surface area contributed by atoms with E-state index in [9.17, 15) is 9.90 Å². The molecule has 5 rings (SSSR count). The first-order valence-electron chi connectivity index (χ1n) is 11.2. The fourth-order valence-electron chi connectivity index (χ4n) is 4.20. The predicted molar refractivity (Wildman–Crippen MR) is 123 cm³/mol. The molecule has 8 nitrogen and oxygen atoms in total. The van der Waals surface area contributed by atoms with Crippen molar-refractivity contribution in [3.05, 3.63) is 89.0 Å². The SMILES string of the molecule is O=C(OCc1ccccc1)N1CCN(c2cccc(C(O)c3ncc4c(n3)CNC4)c2)CC1. The molecule has 33 heavy (non-hydrogen) atoms. The number of piperazine rings is 1. The smallest absolute Gasteiger partial charge is 0.410 e. The summed E-state index contributed by atoms with van der Waals surface area (Å²) < 4.78 is 5.46. The van der Waals surface area contributed by atoms with Crippen molar-refractivity contribution in [1.29, 1.82) is 0 Å². The molecule has 1 atom stereocenters. The second-order valence-corrected chi connectivity index (χ2v) is 8.32. The first-order chi connectivity index (χ1) is 16.2. The van der Waals surface area contributed by atoms with E-state index in [1.807, 2.05) is 54.6 Å². The third-order valence-electron chi connectivity index (χ3n) is 6.12. The molecule has 0 aliphatic carbocycles. The zero-order valence-corrected chi connectivity index (χ0v) is 18.4. The Balaban J connectivity index is 1.19. The van der Waals surface area contributed by atoms with Crippen LogP contribution < -0.4 is 10.2 Å². The Hall–Kier alpha value is -3.49. The maximum atomic E-state index is 12.4. The molecule has 2 aromatic carbocycles. The first kappa shape index (κ1) is 21.4. The lowest BCUT2D eigenvalue weighted by atomic mass is 10.1. The van der Waals surface area contributed by atoms with Crippen molar-refractivity contribution in [2.45, 2.75) is 25.8 Å². The van der Waals surface area contributed by atoms with Crippen molar-refractivity contribution in [1.82, 2.24) is 20.2 Å². The van der Waals surface area contributed by atoms with Gasteiger partial charge in [-0.25, -0.2) is 14.8 Å². The second-order valence-electron chi connectivity index (χ2n) is 8.32. The highest BCUT2D eigenvalue weighted by Crippen LogP contribution is 2.26. The number of anilines is 1. The number of aliphatic hydroxyl groups excluding tert-OH is 1. The first-order valence-corrected chi connectivity index (χ1v) is 11.2. The molecule has 2 aliphatic rings. The number of aliphatic hydroxyl groups is 1. The molecule has 1 saturated heterocycles. The van der Waals surface area contributed by atoms with Gasteiger partial charge in [0, 0.05) is 56.7 Å². The van der Waals surface area contributed by atoms with Gasteiger partial charge in [0.2, 0.25) is 0 Å². The fourth-order valence-corrected chi connectivity index (χ4v) is 4.20. The van der Waals surface area contributed by atoms with Crippen LogP contribution in [0.25, 0.3) is 0 Å². The van der Waals surface area contributed by atoms with E-state index in [0.717, 1.165) is 34.6 Å². The molecule has 1 unspecified atom stereocenters. The number of hydrogen-bond acceptors (Lipinski definition) is 7. The maximum Gasteiger partial charge on any atom is 0.410 e. The molecule has 0 saturated carbocycles. The van der Waals surface area contributed by atoms with Crippen LogP contribution in [0.2, 0.25) is 0 Å². The molecule has 3 heterocycles. The summed E-state index contributed by atoms with van der Waals surface area (Å²) in [6.45, 7) is 4.31. The van der Waals surface area contributed by atoms with Crippen LogP contribution in [-0.2, 0) is 24.4 Å². The van der Waals surface area contributed by atoms with Crippen molar-refractivity contribution >= 4 is 11.8 Å². The normalized spacial score (nSPS) is 16.4. The molecule has 1 fully saturated rings. The van der Waals surface area contributed by atoms with Crippen LogP contribution >= 0.6 is 0 Å². The molecule has 1 aromatic heterocycles. The number of aromatic nitrogens is 2. The summed E-state index contributed by atoms with van der Waals surface area (Å²) in [4.78, 5) is 25.3. The van der Waals surface area contributed by atoms with Gasteiger partial charge in [-0.3, -0.25) is 0 Å². The van der Waals surface area contributed by atoms with Gasteiger partial charge in [0.15, 0.2) is 5.82 Å². The minimum Gasteiger partial charge on any atom is -0.445 e. The van der Waals surface area contributed by atoms with Crippen LogP contribution in [0, 0.1) is 0 Å². The van der Waals surface area contributed by atoms with E-state index < -0.39 is 6.10 Å². The summed E-state index contributed by atoms with van der Waals surface area (Å²) in [5.41, 5.74) is 4.77. The van der Waals surface area contributed by atoms with Gasteiger partial charge >= 0.3 is 6.09 Å². The van der Waals surface area contributed by atoms with Gasteiger partial charge in [-0.2, -0.15) is 0 Å². The number of nitrogens with zero attached hydrogens (tertiary/aromatic N) is 4. The Kier molecular flexibility index (Phi) is 6.19. The average molecular weight is 446 g/mol. The van der Waals surface area contributed by atoms with Crippen LogP contribution in [0.5, 0.6) is 0 Å². The Morgan fingerprint density at radius 2 is 1.88 bits per heavy atom. The molecule has 3 aromatic rings. The second kappa shape index (κ2) is 9.56. The summed E-state index contributed by atoms with van der Waals surface area (Å²) >= 11 is 0. The van der Waals surface area contributed by atoms with Crippen LogP contribution in [0.15, 0.2) is 60.8 Å². The Labute approximate surface area is 192 Å². The standard InChI is InChI=1S/C25H27N5O3/c31-23(24-27-15-20-14-26-16-22(20)28-24)19-7-4-8-21(13-19)29-9-11-30(12-10-29)25(32)33-17-18-5-2-1-3-6-18/h1-8,13,15,23,26,31H,9-12,14,16-17H2. The summed E-state index contributed by atoms with van der Waals surface area (Å²) in [5, 5.41) is 14.1. The number of nitrogens with one attached hydrogen (secondary N) is 1. The van der Waals surface area contributed by atoms with Crippen molar-refractivity contribution in [3.8, 4) is 0 Å². The molecule has 0 radical (unpaired) electrons. The number of amides is 1. The summed E-state index contributed by atoms with van der Waals surface area (Å²) in [6, 6.07) is 17.5. The number of carbonyl (C=O) groups excluding carboxylic acids is 1. The van der Waals surface area contributed by atoms with E-state index in [0.29, 0.717) is 38.5 Å². The molecule has 0 bridgehead atoms. The topological polar surface area (TPSA) is 90.8 Å². The van der Waals surface area contributed by atoms with E-state index in [-0.39, 0.29) is 12.7 Å². The number of carbonyl (C=O) groups is 1. The Bertz CT molecular complexity index is 1120. The molecule has 2 aliphatic heterocycles. The maximum absolute atomic E-state index is 12.4. The number of ether oxygens (including phenoxy) is 1. The molecular formula is C25H27N5O3. The van der Waals surface area contributed by atoms with Crippen LogP contribution in [0.1, 0.15) is 34.3 Å². The highest BCUT2D eigenvalue weighted by atomic mass is 16.6. The highest BCUT2D eigenvalue weighted by Gasteiger charge is 2.24. The van der Waals surface area contributed by atoms with Crippen molar-refractivity contribution < 1.29 is 14.6 Å². The molecule has 170 valence electrons. The number of fused-ring (bicyclic) bond motifs is 1. The molecule has 0 spiro atoms. The van der Waals surface area contributed by atoms with Crippen molar-refractivity contribution in [2.24, 2.45) is 0 Å². The van der Waals surface area contributed by atoms with Gasteiger partial charge in [0.05, 0.1) is 5.69 Å². The summed E-state index contributed by atoms with van der Waals surface area (Å²) in [7, 11) is 0. The van der Waals surface area contributed by atoms with E-state index >= 15 is 0 Å². The minimum atomic E-state index is -0.884. The molecule has 1 amide bonds. The molecule has 8 heteroatoms. The zero-order chi connectivity index (χ0) is 22.6. The van der Waals surface area contributed by atoms with Gasteiger partial charge in [0.25, 0.3) is 0 Å². The van der Waals surface area contributed by atoms with E-state index in [4.69, 9.17) is 4.74 Å². The lowest BCUT2D eigenvalue weighted by molar-refractivity contribution is 0.0942. The van der Waals surface area contributed by atoms with Gasteiger partial charge in [-0.05, 0) is 23.3 Å². The third kappa shape index (κ3) is 4.81. The summed E-state index contributed by atoms with van der Waals surface area (Å²) in [6.07, 6.45) is 0.622. The van der Waals surface area contributed by atoms with Gasteiger partial charge in [-0.15, -0.1) is 0 Å². The molecule has 2 N–H and O–H groups in total. The molecular weight excluding hydrogens is 418 g/mol. The minimum absolute atomic E-state index is 0.278. The monoisotopic (exact) mass is 445 g/mol.